The largest absolute Gasteiger partial charge is 0.461 e. The van der Waals surface area contributed by atoms with Crippen molar-refractivity contribution in [3.63, 3.8) is 0 Å². The number of piperidine rings is 2. The van der Waals surface area contributed by atoms with E-state index in [0.717, 1.165) is 5.56 Å². The first-order valence-electron chi connectivity index (χ1n) is 16.6. The standard InChI is InChI=1S/C35H52N4O6/c1-19(2)26(38(9)10)29(41)44-22-14-20(3)39-18-33(36-8)17-34(32(6,7)35(33,43)16-21(39)15-22)24-13-11-12-23(25(24)37-30(34)42)27(40)28-31(4,5)45-28/h11-13,19-22,26,28,36,43H,14-18H2,1-10H3,(H,37,42)/t20-,21+,22+,26-,28?,33+,34-,35-/m0/s1. The van der Waals surface area contributed by atoms with Gasteiger partial charge < -0.3 is 25.2 Å². The summed E-state index contributed by atoms with van der Waals surface area (Å²) in [6.45, 7) is 14.6. The highest BCUT2D eigenvalue weighted by atomic mass is 16.6. The van der Waals surface area contributed by atoms with Crippen LogP contribution in [0.1, 0.15) is 90.1 Å². The summed E-state index contributed by atoms with van der Waals surface area (Å²) in [5, 5.41) is 19.7. The van der Waals surface area contributed by atoms with E-state index in [0.29, 0.717) is 43.5 Å². The van der Waals surface area contributed by atoms with E-state index in [2.05, 4.69) is 22.5 Å². The van der Waals surface area contributed by atoms with Crippen molar-refractivity contribution in [2.24, 2.45) is 11.3 Å². The SMILES string of the molecule is CN[C@]12CN3[C@H](C[C@H](OC(=O)[C@H](C(C)C)N(C)C)C[C@@H]3C)C[C@]1(O)C(C)(C)[C@]1(C2)C(=O)Nc2c(C(=O)C3OC3(C)C)cccc21. The Kier molecular flexibility index (Phi) is 7.46. The minimum Gasteiger partial charge on any atom is -0.461 e. The summed E-state index contributed by atoms with van der Waals surface area (Å²) in [4.78, 5) is 45.5. The van der Waals surface area contributed by atoms with Crippen LogP contribution in [0, 0.1) is 11.3 Å². The van der Waals surface area contributed by atoms with Gasteiger partial charge in [-0.2, -0.15) is 0 Å². The van der Waals surface area contributed by atoms with E-state index in [1.807, 2.05) is 79.7 Å². The number of esters is 1. The molecule has 10 heteroatoms. The van der Waals surface area contributed by atoms with Crippen LogP contribution in [0.3, 0.4) is 0 Å². The summed E-state index contributed by atoms with van der Waals surface area (Å²) in [6.07, 6.45) is 1.34. The number of ether oxygens (including phenoxy) is 2. The van der Waals surface area contributed by atoms with Crippen LogP contribution in [-0.2, 0) is 24.5 Å². The fraction of sp³-hybridized carbons (Fsp3) is 0.743. The normalized spacial score (nSPS) is 38.5. The Morgan fingerprint density at radius 3 is 2.42 bits per heavy atom. The molecule has 5 aliphatic rings. The number of ketones is 1. The number of anilines is 1. The van der Waals surface area contributed by atoms with Gasteiger partial charge in [0.1, 0.15) is 18.2 Å². The molecule has 248 valence electrons. The third-order valence-corrected chi connectivity index (χ3v) is 12.5. The first-order valence-corrected chi connectivity index (χ1v) is 16.6. The van der Waals surface area contributed by atoms with Crippen LogP contribution in [0.5, 0.6) is 0 Å². The number of hydrogen-bond donors (Lipinski definition) is 3. The van der Waals surface area contributed by atoms with E-state index < -0.39 is 33.7 Å². The number of Topliss-reactive ketones (excluding diaryl/α,β-unsaturated/α-hetero) is 1. The van der Waals surface area contributed by atoms with Gasteiger partial charge in [-0.05, 0) is 78.7 Å². The van der Waals surface area contributed by atoms with Crippen LogP contribution in [0.4, 0.5) is 5.69 Å². The molecule has 3 N–H and O–H groups in total. The van der Waals surface area contributed by atoms with Gasteiger partial charge in [-0.3, -0.25) is 24.2 Å². The number of rotatable bonds is 7. The molecule has 1 spiro atoms. The zero-order valence-electron chi connectivity index (χ0n) is 28.6. The fourth-order valence-corrected chi connectivity index (χ4v) is 9.91. The molecule has 45 heavy (non-hydrogen) atoms. The number of epoxide rings is 1. The van der Waals surface area contributed by atoms with E-state index in [-0.39, 0.29) is 47.8 Å². The molecule has 8 atom stereocenters. The van der Waals surface area contributed by atoms with Crippen LogP contribution in [0.25, 0.3) is 0 Å². The van der Waals surface area contributed by atoms with Crippen molar-refractivity contribution in [2.45, 2.75) is 127 Å². The third kappa shape index (κ3) is 4.35. The third-order valence-electron chi connectivity index (χ3n) is 12.5. The molecule has 1 aliphatic carbocycles. The van der Waals surface area contributed by atoms with Gasteiger partial charge in [0.2, 0.25) is 5.91 Å². The van der Waals surface area contributed by atoms with Crippen molar-refractivity contribution in [1.29, 1.82) is 0 Å². The number of nitrogens with one attached hydrogen (secondary N) is 2. The average molecular weight is 625 g/mol. The molecule has 3 saturated heterocycles. The Hall–Kier alpha value is -2.37. The van der Waals surface area contributed by atoms with Crippen molar-refractivity contribution in [3.05, 3.63) is 29.3 Å². The molecule has 0 bridgehead atoms. The van der Waals surface area contributed by atoms with Crippen LogP contribution in [0.15, 0.2) is 18.2 Å². The maximum absolute atomic E-state index is 14.4. The predicted molar refractivity (Wildman–Crippen MR) is 171 cm³/mol. The van der Waals surface area contributed by atoms with Gasteiger partial charge in [-0.1, -0.05) is 39.8 Å². The second kappa shape index (κ2) is 10.3. The molecular formula is C35H52N4O6. The number of hydrogen-bond acceptors (Lipinski definition) is 9. The first kappa shape index (κ1) is 32.6. The summed E-state index contributed by atoms with van der Waals surface area (Å²) >= 11 is 0. The average Bonchev–Trinajstić information content (AvgIpc) is 3.42. The second-order valence-corrected chi connectivity index (χ2v) is 16.1. The highest BCUT2D eigenvalue weighted by molar-refractivity contribution is 6.15. The maximum atomic E-state index is 14.4. The van der Waals surface area contributed by atoms with Crippen LogP contribution < -0.4 is 10.6 Å². The zero-order valence-corrected chi connectivity index (χ0v) is 28.6. The number of aliphatic hydroxyl groups is 1. The number of para-hydroxylation sites is 1. The van der Waals surface area contributed by atoms with E-state index in [1.165, 1.54) is 0 Å². The van der Waals surface area contributed by atoms with E-state index in [1.54, 1.807) is 6.07 Å². The van der Waals surface area contributed by atoms with Gasteiger partial charge in [0.25, 0.3) is 0 Å². The molecule has 1 saturated carbocycles. The molecule has 4 aliphatic heterocycles. The molecule has 1 aromatic carbocycles. The zero-order chi connectivity index (χ0) is 33.1. The molecule has 1 amide bonds. The number of likely N-dealkylation sites (N-methyl/N-ethyl adjacent to an activating group) is 2. The maximum Gasteiger partial charge on any atom is 0.323 e. The lowest BCUT2D eigenvalue weighted by atomic mass is 9.57. The summed E-state index contributed by atoms with van der Waals surface area (Å²) < 4.78 is 11.8. The van der Waals surface area contributed by atoms with Gasteiger partial charge in [-0.15, -0.1) is 0 Å². The van der Waals surface area contributed by atoms with E-state index >= 15 is 0 Å². The predicted octanol–water partition coefficient (Wildman–Crippen LogP) is 3.11. The Morgan fingerprint density at radius 1 is 1.18 bits per heavy atom. The Labute approximate surface area is 267 Å². The van der Waals surface area contributed by atoms with Gasteiger partial charge in [-0.25, -0.2) is 0 Å². The van der Waals surface area contributed by atoms with Crippen molar-refractivity contribution < 1.29 is 29.0 Å². The van der Waals surface area contributed by atoms with E-state index in [9.17, 15) is 19.5 Å². The molecule has 0 aromatic heterocycles. The number of benzene rings is 1. The number of fused-ring (bicyclic) bond motifs is 4. The van der Waals surface area contributed by atoms with Crippen molar-refractivity contribution >= 4 is 23.3 Å². The highest BCUT2D eigenvalue weighted by Gasteiger charge is 2.79. The monoisotopic (exact) mass is 624 g/mol. The Bertz CT molecular complexity index is 1420. The molecule has 4 fully saturated rings. The van der Waals surface area contributed by atoms with Crippen molar-refractivity contribution in [3.8, 4) is 0 Å². The van der Waals surface area contributed by atoms with E-state index in [4.69, 9.17) is 9.47 Å². The Balaban J connectivity index is 1.35. The highest BCUT2D eigenvalue weighted by Crippen LogP contribution is 2.69. The summed E-state index contributed by atoms with van der Waals surface area (Å²) in [5.41, 5.74) is -2.83. The van der Waals surface area contributed by atoms with Crippen LogP contribution in [-0.4, -0.2) is 107 Å². The fourth-order valence-electron chi connectivity index (χ4n) is 9.91. The van der Waals surface area contributed by atoms with Crippen molar-refractivity contribution in [1.82, 2.24) is 15.1 Å². The van der Waals surface area contributed by atoms with Gasteiger partial charge in [0, 0.05) is 36.0 Å². The lowest BCUT2D eigenvalue weighted by Gasteiger charge is -2.60. The smallest absolute Gasteiger partial charge is 0.323 e. The number of carbonyl (C=O) groups is 3. The minimum absolute atomic E-state index is 0.0320. The quantitative estimate of drug-likeness (QED) is 0.239. The molecule has 0 radical (unpaired) electrons. The summed E-state index contributed by atoms with van der Waals surface area (Å²) in [5.74, 6) is -0.404. The molecule has 10 nitrogen and oxygen atoms in total. The minimum atomic E-state index is -1.29. The number of carbonyl (C=O) groups excluding carboxylic acids is 3. The van der Waals surface area contributed by atoms with Gasteiger partial charge in [0.05, 0.1) is 27.8 Å². The Morgan fingerprint density at radius 2 is 1.84 bits per heavy atom. The molecule has 1 unspecified atom stereocenters. The van der Waals surface area contributed by atoms with Crippen molar-refractivity contribution in [2.75, 3.05) is 33.0 Å². The topological polar surface area (TPSA) is 124 Å². The summed E-state index contributed by atoms with van der Waals surface area (Å²) in [7, 11) is 5.69. The van der Waals surface area contributed by atoms with Crippen LogP contribution >= 0.6 is 0 Å². The lowest BCUT2D eigenvalue weighted by Crippen LogP contribution is -2.75. The van der Waals surface area contributed by atoms with Crippen LogP contribution in [0.2, 0.25) is 0 Å². The number of nitrogens with zero attached hydrogens (tertiary/aromatic N) is 2. The van der Waals surface area contributed by atoms with Gasteiger partial charge in [0.15, 0.2) is 5.78 Å². The summed E-state index contributed by atoms with van der Waals surface area (Å²) in [6, 6.07) is 5.31. The molecule has 4 heterocycles. The first-order chi connectivity index (χ1) is 20.9. The van der Waals surface area contributed by atoms with Gasteiger partial charge >= 0.3 is 5.97 Å². The lowest BCUT2D eigenvalue weighted by molar-refractivity contribution is -0.185. The molecular weight excluding hydrogens is 572 g/mol. The second-order valence-electron chi connectivity index (χ2n) is 16.1. The molecule has 1 aromatic rings. The number of amides is 1. The molecule has 6 rings (SSSR count).